The predicted molar refractivity (Wildman–Crippen MR) is 45.6 cm³/mol. The summed E-state index contributed by atoms with van der Waals surface area (Å²) in [6.07, 6.45) is -5.33. The van der Waals surface area contributed by atoms with Gasteiger partial charge in [-0.1, -0.05) is 0 Å². The molecule has 1 saturated heterocycles. The van der Waals surface area contributed by atoms with Crippen molar-refractivity contribution in [3.05, 3.63) is 0 Å². The molecule has 1 heterocycles. The van der Waals surface area contributed by atoms with E-state index in [4.69, 9.17) is 14.2 Å². The van der Waals surface area contributed by atoms with Crippen LogP contribution in [0.1, 0.15) is 0 Å². The Morgan fingerprint density at radius 2 is 1.71 bits per heavy atom. The molecule has 0 saturated carbocycles. The van der Waals surface area contributed by atoms with Gasteiger partial charge in [0.05, 0.1) is 6.61 Å². The Balaban J connectivity index is 2.63. The van der Waals surface area contributed by atoms with E-state index < -0.39 is 30.7 Å². The van der Waals surface area contributed by atoms with Crippen molar-refractivity contribution in [3.8, 4) is 0 Å². The van der Waals surface area contributed by atoms with Crippen molar-refractivity contribution < 1.29 is 29.5 Å². The summed E-state index contributed by atoms with van der Waals surface area (Å²) in [6.45, 7) is 0.130. The van der Waals surface area contributed by atoms with Crippen LogP contribution in [0, 0.1) is 0 Å². The smallest absolute Gasteiger partial charge is 0.186 e. The average molecular weight is 208 g/mol. The normalized spacial score (nSPS) is 43.9. The van der Waals surface area contributed by atoms with Gasteiger partial charge >= 0.3 is 0 Å². The highest BCUT2D eigenvalue weighted by Gasteiger charge is 2.43. The summed E-state index contributed by atoms with van der Waals surface area (Å²) in [7, 11) is 2.80. The number of methoxy groups -OCH3 is 2. The third-order valence-corrected chi connectivity index (χ3v) is 2.23. The van der Waals surface area contributed by atoms with Gasteiger partial charge in [0.2, 0.25) is 0 Å². The molecule has 3 N–H and O–H groups in total. The van der Waals surface area contributed by atoms with E-state index in [1.807, 2.05) is 0 Å². The quantitative estimate of drug-likeness (QED) is 0.501. The molecule has 0 radical (unpaired) electrons. The molecule has 0 amide bonds. The maximum atomic E-state index is 9.48. The van der Waals surface area contributed by atoms with E-state index >= 15 is 0 Å². The molecule has 0 aromatic carbocycles. The number of aliphatic hydroxyl groups is 3. The first-order chi connectivity index (χ1) is 6.61. The van der Waals surface area contributed by atoms with E-state index in [0.29, 0.717) is 0 Å². The van der Waals surface area contributed by atoms with Gasteiger partial charge in [-0.15, -0.1) is 0 Å². The minimum absolute atomic E-state index is 0.130. The summed E-state index contributed by atoms with van der Waals surface area (Å²) in [5.74, 6) is 0. The Bertz CT molecular complexity index is 171. The van der Waals surface area contributed by atoms with E-state index in [0.717, 1.165) is 0 Å². The lowest BCUT2D eigenvalue weighted by atomic mass is 9.99. The molecule has 1 aliphatic rings. The topological polar surface area (TPSA) is 88.4 Å². The zero-order valence-electron chi connectivity index (χ0n) is 8.16. The molecule has 84 valence electrons. The van der Waals surface area contributed by atoms with Gasteiger partial charge in [-0.3, -0.25) is 0 Å². The van der Waals surface area contributed by atoms with Crippen molar-refractivity contribution in [2.75, 3.05) is 20.8 Å². The fourth-order valence-electron chi connectivity index (χ4n) is 1.41. The van der Waals surface area contributed by atoms with Crippen LogP contribution in [0.25, 0.3) is 0 Å². The van der Waals surface area contributed by atoms with E-state index in [1.54, 1.807) is 0 Å². The lowest BCUT2D eigenvalue weighted by Gasteiger charge is -2.39. The van der Waals surface area contributed by atoms with Crippen molar-refractivity contribution in [3.63, 3.8) is 0 Å². The molecule has 1 fully saturated rings. The zero-order chi connectivity index (χ0) is 10.7. The van der Waals surface area contributed by atoms with Crippen molar-refractivity contribution >= 4 is 0 Å². The minimum Gasteiger partial charge on any atom is -0.387 e. The SMILES string of the molecule is COCC1O[C@@H](OC)C(O)[C@@H](O)[C@H]1O. The van der Waals surface area contributed by atoms with Gasteiger partial charge in [0, 0.05) is 14.2 Å². The molecule has 2 unspecified atom stereocenters. The van der Waals surface area contributed by atoms with Gasteiger partial charge in [0.25, 0.3) is 0 Å². The first-order valence-corrected chi connectivity index (χ1v) is 4.33. The van der Waals surface area contributed by atoms with Crippen LogP contribution in [0.15, 0.2) is 0 Å². The third kappa shape index (κ3) is 2.22. The van der Waals surface area contributed by atoms with Gasteiger partial charge in [0.15, 0.2) is 6.29 Å². The first-order valence-electron chi connectivity index (χ1n) is 4.33. The predicted octanol–water partition coefficient (Wildman–Crippen LogP) is -1.91. The standard InChI is InChI=1S/C8H16O6/c1-12-3-4-5(9)6(10)7(11)8(13-2)14-4/h4-11H,3H2,1-2H3/t4?,5-,6-,7?,8+/m0/s1. The second-order valence-corrected chi connectivity index (χ2v) is 3.21. The van der Waals surface area contributed by atoms with Crippen molar-refractivity contribution in [2.24, 2.45) is 0 Å². The van der Waals surface area contributed by atoms with Crippen LogP contribution in [0.5, 0.6) is 0 Å². The van der Waals surface area contributed by atoms with E-state index in [-0.39, 0.29) is 6.61 Å². The molecular formula is C8H16O6. The average Bonchev–Trinajstić information content (AvgIpc) is 2.19. The number of rotatable bonds is 3. The Morgan fingerprint density at radius 1 is 1.07 bits per heavy atom. The van der Waals surface area contributed by atoms with Crippen LogP contribution >= 0.6 is 0 Å². The maximum absolute atomic E-state index is 9.48. The van der Waals surface area contributed by atoms with Gasteiger partial charge in [0.1, 0.15) is 24.4 Å². The number of ether oxygens (including phenoxy) is 3. The summed E-state index contributed by atoms with van der Waals surface area (Å²) >= 11 is 0. The molecule has 0 bridgehead atoms. The van der Waals surface area contributed by atoms with Crippen LogP contribution in [0.3, 0.4) is 0 Å². The van der Waals surface area contributed by atoms with Gasteiger partial charge in [-0.25, -0.2) is 0 Å². The largest absolute Gasteiger partial charge is 0.387 e. The van der Waals surface area contributed by atoms with Gasteiger partial charge in [-0.05, 0) is 0 Å². The van der Waals surface area contributed by atoms with Gasteiger partial charge < -0.3 is 29.5 Å². The molecular weight excluding hydrogens is 192 g/mol. The Kier molecular flexibility index (Phi) is 4.24. The summed E-state index contributed by atoms with van der Waals surface area (Å²) < 4.78 is 14.8. The number of hydrogen-bond acceptors (Lipinski definition) is 6. The second kappa shape index (κ2) is 5.01. The third-order valence-electron chi connectivity index (χ3n) is 2.23. The van der Waals surface area contributed by atoms with Crippen LogP contribution < -0.4 is 0 Å². The summed E-state index contributed by atoms with van der Waals surface area (Å²) in [4.78, 5) is 0. The van der Waals surface area contributed by atoms with E-state index in [2.05, 4.69) is 0 Å². The van der Waals surface area contributed by atoms with Crippen molar-refractivity contribution in [2.45, 2.75) is 30.7 Å². The molecule has 6 heteroatoms. The van der Waals surface area contributed by atoms with Crippen LogP contribution in [-0.2, 0) is 14.2 Å². The van der Waals surface area contributed by atoms with Crippen LogP contribution in [0.2, 0.25) is 0 Å². The molecule has 1 aliphatic heterocycles. The molecule has 0 aliphatic carbocycles. The fraction of sp³-hybridized carbons (Fsp3) is 1.00. The fourth-order valence-corrected chi connectivity index (χ4v) is 1.41. The summed E-state index contributed by atoms with van der Waals surface area (Å²) in [5.41, 5.74) is 0. The Labute approximate surface area is 82.0 Å². The van der Waals surface area contributed by atoms with E-state index in [9.17, 15) is 15.3 Å². The molecule has 1 rings (SSSR count). The molecule has 5 atom stereocenters. The monoisotopic (exact) mass is 208 g/mol. The van der Waals surface area contributed by atoms with Crippen LogP contribution in [0.4, 0.5) is 0 Å². The highest BCUT2D eigenvalue weighted by molar-refractivity contribution is 4.88. The molecule has 0 aromatic rings. The first kappa shape index (κ1) is 11.8. The summed E-state index contributed by atoms with van der Waals surface area (Å²) in [5, 5.41) is 28.3. The molecule has 0 aromatic heterocycles. The van der Waals surface area contributed by atoms with Crippen molar-refractivity contribution in [1.82, 2.24) is 0 Å². The maximum Gasteiger partial charge on any atom is 0.186 e. The van der Waals surface area contributed by atoms with E-state index in [1.165, 1.54) is 14.2 Å². The van der Waals surface area contributed by atoms with Crippen LogP contribution in [-0.4, -0.2) is 66.9 Å². The molecule has 0 spiro atoms. The number of aliphatic hydroxyl groups excluding tert-OH is 3. The lowest BCUT2D eigenvalue weighted by Crippen LogP contribution is -2.59. The molecule has 6 nitrogen and oxygen atoms in total. The Morgan fingerprint density at radius 3 is 2.21 bits per heavy atom. The second-order valence-electron chi connectivity index (χ2n) is 3.21. The summed E-state index contributed by atoms with van der Waals surface area (Å²) in [6, 6.07) is 0. The van der Waals surface area contributed by atoms with Crippen molar-refractivity contribution in [1.29, 1.82) is 0 Å². The Hall–Kier alpha value is -0.240. The highest BCUT2D eigenvalue weighted by atomic mass is 16.7. The van der Waals surface area contributed by atoms with Gasteiger partial charge in [-0.2, -0.15) is 0 Å². The minimum atomic E-state index is -1.28. The number of hydrogen-bond donors (Lipinski definition) is 3. The highest BCUT2D eigenvalue weighted by Crippen LogP contribution is 2.21. The molecule has 14 heavy (non-hydrogen) atoms. The lowest BCUT2D eigenvalue weighted by molar-refractivity contribution is -0.295. The zero-order valence-corrected chi connectivity index (χ0v) is 8.16.